The summed E-state index contributed by atoms with van der Waals surface area (Å²) in [6.45, 7) is 2.19. The molecule has 1 fully saturated rings. The third-order valence-corrected chi connectivity index (χ3v) is 8.38. The molecule has 1 atom stereocenters. The number of benzene rings is 3. The summed E-state index contributed by atoms with van der Waals surface area (Å²) in [5.74, 6) is 0.400. The maximum atomic E-state index is 13.7. The van der Waals surface area contributed by atoms with E-state index in [0.29, 0.717) is 50.3 Å². The smallest absolute Gasteiger partial charge is 0.245 e. The number of carbonyl (C=O) groups excluding carboxylic acids is 2. The molecular formula is C28H30N4O5S. The number of nitrogens with one attached hydrogen (secondary N) is 2. The Morgan fingerprint density at radius 2 is 1.66 bits per heavy atom. The molecule has 1 saturated heterocycles. The standard InChI is InChI=1S/C28H30N4O5S/c1-37-23-10-8-22(9-11-23)31-15-17-32(18-16-31)28(34)27(20-5-3-2-4-6-20)30-38(35,36)24-12-13-25-21(19-24)7-14-26(33)29-25/h2-6,8-13,19,27,30H,7,14-18H2,1H3,(H,29,33)/t27-/m0/s1. The summed E-state index contributed by atoms with van der Waals surface area (Å²) in [7, 11) is -2.40. The van der Waals surface area contributed by atoms with Gasteiger partial charge in [-0.1, -0.05) is 30.3 Å². The van der Waals surface area contributed by atoms with Crippen LogP contribution in [0.3, 0.4) is 0 Å². The number of rotatable bonds is 7. The fourth-order valence-corrected chi connectivity index (χ4v) is 6.05. The molecule has 38 heavy (non-hydrogen) atoms. The molecule has 3 aromatic rings. The lowest BCUT2D eigenvalue weighted by Gasteiger charge is -2.37. The van der Waals surface area contributed by atoms with Crippen LogP contribution in [0.1, 0.15) is 23.6 Å². The van der Waals surface area contributed by atoms with E-state index < -0.39 is 16.1 Å². The zero-order chi connectivity index (χ0) is 26.7. The molecule has 2 aliphatic rings. The number of piperazine rings is 1. The van der Waals surface area contributed by atoms with Gasteiger partial charge < -0.3 is 19.9 Å². The van der Waals surface area contributed by atoms with Crippen LogP contribution in [0, 0.1) is 0 Å². The van der Waals surface area contributed by atoms with Gasteiger partial charge in [0.1, 0.15) is 11.8 Å². The minimum absolute atomic E-state index is 0.0606. The van der Waals surface area contributed by atoms with Gasteiger partial charge in [0, 0.05) is 44.0 Å². The van der Waals surface area contributed by atoms with Crippen molar-refractivity contribution in [3.05, 3.63) is 83.9 Å². The molecule has 0 unspecified atom stereocenters. The third-order valence-electron chi connectivity index (χ3n) is 6.96. The van der Waals surface area contributed by atoms with Crippen molar-refractivity contribution < 1.29 is 22.7 Å². The SMILES string of the molecule is COc1ccc(N2CCN(C(=O)[C@@H](NS(=O)(=O)c3ccc4c(c3)CCC(=O)N4)c3ccccc3)CC2)cc1. The van der Waals surface area contributed by atoms with E-state index in [2.05, 4.69) is 14.9 Å². The van der Waals surface area contributed by atoms with Gasteiger partial charge in [-0.25, -0.2) is 8.42 Å². The van der Waals surface area contributed by atoms with Gasteiger partial charge in [0.15, 0.2) is 0 Å². The largest absolute Gasteiger partial charge is 0.497 e. The molecule has 0 bridgehead atoms. The number of ether oxygens (including phenoxy) is 1. The molecule has 0 aromatic heterocycles. The second-order valence-corrected chi connectivity index (χ2v) is 11.1. The molecule has 10 heteroatoms. The molecule has 2 N–H and O–H groups in total. The van der Waals surface area contributed by atoms with Gasteiger partial charge in [0.05, 0.1) is 12.0 Å². The van der Waals surface area contributed by atoms with Crippen molar-refractivity contribution in [2.24, 2.45) is 0 Å². The Morgan fingerprint density at radius 1 is 0.947 bits per heavy atom. The summed E-state index contributed by atoms with van der Waals surface area (Å²) in [4.78, 5) is 29.4. The Kier molecular flexibility index (Phi) is 7.35. The summed E-state index contributed by atoms with van der Waals surface area (Å²) in [6.07, 6.45) is 0.765. The molecule has 3 aromatic carbocycles. The predicted molar refractivity (Wildman–Crippen MR) is 145 cm³/mol. The van der Waals surface area contributed by atoms with Gasteiger partial charge >= 0.3 is 0 Å². The fourth-order valence-electron chi connectivity index (χ4n) is 4.82. The number of nitrogens with zero attached hydrogens (tertiary/aromatic N) is 2. The quantitative estimate of drug-likeness (QED) is 0.483. The normalized spacial score (nSPS) is 16.4. The van der Waals surface area contributed by atoms with Crippen LogP contribution in [-0.4, -0.2) is 58.4 Å². The Labute approximate surface area is 222 Å². The lowest BCUT2D eigenvalue weighted by molar-refractivity contribution is -0.133. The van der Waals surface area contributed by atoms with E-state index in [-0.39, 0.29) is 16.7 Å². The van der Waals surface area contributed by atoms with Gasteiger partial charge in [-0.3, -0.25) is 9.59 Å². The maximum absolute atomic E-state index is 13.7. The van der Waals surface area contributed by atoms with Crippen molar-refractivity contribution in [3.63, 3.8) is 0 Å². The molecule has 0 spiro atoms. The van der Waals surface area contributed by atoms with Crippen LogP contribution in [0.5, 0.6) is 5.75 Å². The number of aryl methyl sites for hydroxylation is 1. The molecule has 2 heterocycles. The van der Waals surface area contributed by atoms with E-state index in [0.717, 1.165) is 17.0 Å². The number of carbonyl (C=O) groups is 2. The minimum atomic E-state index is -4.03. The highest BCUT2D eigenvalue weighted by Gasteiger charge is 2.33. The zero-order valence-electron chi connectivity index (χ0n) is 21.1. The highest BCUT2D eigenvalue weighted by molar-refractivity contribution is 7.89. The number of methoxy groups -OCH3 is 1. The number of hydrogen-bond donors (Lipinski definition) is 2. The maximum Gasteiger partial charge on any atom is 0.245 e. The number of sulfonamides is 1. The van der Waals surface area contributed by atoms with Crippen LogP contribution in [0.2, 0.25) is 0 Å². The lowest BCUT2D eigenvalue weighted by atomic mass is 10.0. The molecular weight excluding hydrogens is 504 g/mol. The first-order valence-corrected chi connectivity index (χ1v) is 14.0. The molecule has 0 radical (unpaired) electrons. The number of amides is 2. The summed E-state index contributed by atoms with van der Waals surface area (Å²) in [6, 6.07) is 20.2. The van der Waals surface area contributed by atoms with E-state index in [1.165, 1.54) is 6.07 Å². The van der Waals surface area contributed by atoms with Gasteiger partial charge in [-0.05, 0) is 60.0 Å². The van der Waals surface area contributed by atoms with Crippen molar-refractivity contribution in [1.29, 1.82) is 0 Å². The van der Waals surface area contributed by atoms with Crippen LogP contribution < -0.4 is 19.7 Å². The molecule has 198 valence electrons. The predicted octanol–water partition coefficient (Wildman–Crippen LogP) is 2.95. The minimum Gasteiger partial charge on any atom is -0.497 e. The van der Waals surface area contributed by atoms with Gasteiger partial charge in [-0.2, -0.15) is 4.72 Å². The van der Waals surface area contributed by atoms with Gasteiger partial charge in [0.25, 0.3) is 0 Å². The number of hydrogen-bond acceptors (Lipinski definition) is 6. The van der Waals surface area contributed by atoms with Crippen LogP contribution in [-0.2, 0) is 26.0 Å². The van der Waals surface area contributed by atoms with E-state index in [9.17, 15) is 18.0 Å². The second-order valence-electron chi connectivity index (χ2n) is 9.34. The Morgan fingerprint density at radius 3 is 2.34 bits per heavy atom. The Hall–Kier alpha value is -3.89. The van der Waals surface area contributed by atoms with E-state index in [4.69, 9.17) is 4.74 Å². The molecule has 2 amide bonds. The number of anilines is 2. The molecule has 5 rings (SSSR count). The van der Waals surface area contributed by atoms with E-state index >= 15 is 0 Å². The molecule has 0 saturated carbocycles. The monoisotopic (exact) mass is 534 g/mol. The average Bonchev–Trinajstić information content (AvgIpc) is 2.96. The first-order chi connectivity index (χ1) is 18.3. The Balaban J connectivity index is 1.33. The van der Waals surface area contributed by atoms with Gasteiger partial charge in [0.2, 0.25) is 21.8 Å². The highest BCUT2D eigenvalue weighted by atomic mass is 32.2. The Bertz CT molecular complexity index is 1420. The van der Waals surface area contributed by atoms with Crippen molar-refractivity contribution in [1.82, 2.24) is 9.62 Å². The summed E-state index contributed by atoms with van der Waals surface area (Å²) in [5, 5.41) is 2.76. The zero-order valence-corrected chi connectivity index (χ0v) is 21.9. The third kappa shape index (κ3) is 5.51. The van der Waals surface area contributed by atoms with Crippen molar-refractivity contribution >= 4 is 33.2 Å². The topological polar surface area (TPSA) is 108 Å². The summed E-state index contributed by atoms with van der Waals surface area (Å²) >= 11 is 0. The van der Waals surface area contributed by atoms with Crippen LogP contribution >= 0.6 is 0 Å². The molecule has 2 aliphatic heterocycles. The summed E-state index contributed by atoms with van der Waals surface area (Å²) in [5.41, 5.74) is 2.99. The summed E-state index contributed by atoms with van der Waals surface area (Å²) < 4.78 is 34.8. The lowest BCUT2D eigenvalue weighted by Crippen LogP contribution is -2.52. The van der Waals surface area contributed by atoms with Crippen LogP contribution in [0.25, 0.3) is 0 Å². The van der Waals surface area contributed by atoms with Crippen molar-refractivity contribution in [3.8, 4) is 5.75 Å². The van der Waals surface area contributed by atoms with E-state index in [1.54, 1.807) is 48.4 Å². The van der Waals surface area contributed by atoms with Crippen LogP contribution in [0.15, 0.2) is 77.7 Å². The van der Waals surface area contributed by atoms with Crippen molar-refractivity contribution in [2.75, 3.05) is 43.5 Å². The first-order valence-electron chi connectivity index (χ1n) is 12.5. The van der Waals surface area contributed by atoms with Crippen molar-refractivity contribution in [2.45, 2.75) is 23.8 Å². The molecule has 9 nitrogen and oxygen atoms in total. The second kappa shape index (κ2) is 10.8. The highest BCUT2D eigenvalue weighted by Crippen LogP contribution is 2.27. The fraction of sp³-hybridized carbons (Fsp3) is 0.286. The first kappa shape index (κ1) is 25.7. The average molecular weight is 535 g/mol. The van der Waals surface area contributed by atoms with Gasteiger partial charge in [-0.15, -0.1) is 0 Å². The molecule has 0 aliphatic carbocycles. The van der Waals surface area contributed by atoms with Crippen LogP contribution in [0.4, 0.5) is 11.4 Å². The number of fused-ring (bicyclic) bond motifs is 1. The van der Waals surface area contributed by atoms with E-state index in [1.807, 2.05) is 30.3 Å².